The maximum Gasteiger partial charge on any atom is 0.309 e. The van der Waals surface area contributed by atoms with E-state index in [9.17, 15) is 23.9 Å². The Kier molecular flexibility index (Phi) is 5.74. The number of likely N-dealkylation sites (tertiary alicyclic amines) is 1. The molecule has 2 fully saturated rings. The highest BCUT2D eigenvalue weighted by Crippen LogP contribution is 2.36. The molecule has 1 spiro atoms. The fourth-order valence-electron chi connectivity index (χ4n) is 3.96. The molecule has 1 aromatic carbocycles. The average Bonchev–Trinajstić information content (AvgIpc) is 2.95. The summed E-state index contributed by atoms with van der Waals surface area (Å²) in [5.41, 5.74) is 0.270. The molecule has 27 heavy (non-hydrogen) atoms. The molecular weight excluding hydrogens is 353 g/mol. The molecular formula is C19H24FN3O4. The van der Waals surface area contributed by atoms with Gasteiger partial charge in [-0.3, -0.25) is 19.3 Å². The fraction of sp³-hybridized carbons (Fsp3) is 0.526. The van der Waals surface area contributed by atoms with Gasteiger partial charge in [-0.15, -0.1) is 0 Å². The van der Waals surface area contributed by atoms with Crippen LogP contribution in [0.1, 0.15) is 24.8 Å². The summed E-state index contributed by atoms with van der Waals surface area (Å²) in [5.74, 6) is -2.24. The van der Waals surface area contributed by atoms with Crippen LogP contribution in [0.15, 0.2) is 24.3 Å². The van der Waals surface area contributed by atoms with Crippen molar-refractivity contribution in [2.75, 3.05) is 26.2 Å². The highest BCUT2D eigenvalue weighted by Gasteiger charge is 2.51. The summed E-state index contributed by atoms with van der Waals surface area (Å²) in [5, 5.41) is 15.1. The summed E-state index contributed by atoms with van der Waals surface area (Å²) >= 11 is 0. The topological polar surface area (TPSA) is 98.7 Å². The Balaban J connectivity index is 1.42. The van der Waals surface area contributed by atoms with Gasteiger partial charge in [0.05, 0.1) is 18.0 Å². The number of benzene rings is 1. The maximum absolute atomic E-state index is 12.9. The molecule has 2 aliphatic heterocycles. The van der Waals surface area contributed by atoms with E-state index in [-0.39, 0.29) is 30.6 Å². The number of amides is 2. The standard InChI is InChI=1S/C19H24FN3O4/c20-14-3-1-13(2-4-14)5-8-21-17(25)12-23-9-6-19(7-10-23)15(18(26)27)11-16(24)22-19/h1-4,15H,5-12H2,(H,21,25)(H,22,24)(H,26,27)/t15-/m0/s1. The number of piperidine rings is 1. The second kappa shape index (κ2) is 8.04. The maximum atomic E-state index is 12.9. The summed E-state index contributed by atoms with van der Waals surface area (Å²) in [6.45, 7) is 1.84. The third-order valence-electron chi connectivity index (χ3n) is 5.51. The molecule has 3 N–H and O–H groups in total. The summed E-state index contributed by atoms with van der Waals surface area (Å²) in [7, 11) is 0. The molecule has 8 heteroatoms. The number of halogens is 1. The van der Waals surface area contributed by atoms with Crippen LogP contribution in [-0.4, -0.2) is 59.5 Å². The van der Waals surface area contributed by atoms with Crippen molar-refractivity contribution in [1.82, 2.24) is 15.5 Å². The second-order valence-corrected chi connectivity index (χ2v) is 7.30. The van der Waals surface area contributed by atoms with Crippen LogP contribution in [0.4, 0.5) is 4.39 Å². The fourth-order valence-corrected chi connectivity index (χ4v) is 3.96. The monoisotopic (exact) mass is 377 g/mol. The van der Waals surface area contributed by atoms with Crippen molar-refractivity contribution >= 4 is 17.8 Å². The van der Waals surface area contributed by atoms with E-state index in [1.165, 1.54) is 12.1 Å². The molecule has 2 amide bonds. The smallest absolute Gasteiger partial charge is 0.309 e. The van der Waals surface area contributed by atoms with E-state index >= 15 is 0 Å². The zero-order valence-corrected chi connectivity index (χ0v) is 15.0. The normalized spacial score (nSPS) is 21.8. The van der Waals surface area contributed by atoms with Gasteiger partial charge in [0.15, 0.2) is 0 Å². The van der Waals surface area contributed by atoms with Gasteiger partial charge in [0, 0.05) is 26.1 Å². The minimum atomic E-state index is -0.944. The van der Waals surface area contributed by atoms with Crippen molar-refractivity contribution < 1.29 is 23.9 Å². The minimum absolute atomic E-state index is 0.0270. The quantitative estimate of drug-likeness (QED) is 0.672. The molecule has 2 aliphatic rings. The largest absolute Gasteiger partial charge is 0.481 e. The van der Waals surface area contributed by atoms with Crippen LogP contribution < -0.4 is 10.6 Å². The molecule has 0 radical (unpaired) electrons. The van der Waals surface area contributed by atoms with E-state index in [1.54, 1.807) is 12.1 Å². The van der Waals surface area contributed by atoms with Gasteiger partial charge in [-0.2, -0.15) is 0 Å². The SMILES string of the molecule is O=C(CN1CCC2(CC1)NC(=O)C[C@H]2C(=O)O)NCCc1ccc(F)cc1. The first-order valence-electron chi connectivity index (χ1n) is 9.15. The predicted octanol–water partition coefficient (Wildman–Crippen LogP) is 0.540. The number of carboxylic acid groups (broad SMARTS) is 1. The molecule has 2 heterocycles. The molecule has 1 atom stereocenters. The first kappa shape index (κ1) is 19.3. The highest BCUT2D eigenvalue weighted by molar-refractivity contribution is 5.88. The molecule has 0 bridgehead atoms. The number of nitrogens with zero attached hydrogens (tertiary/aromatic N) is 1. The van der Waals surface area contributed by atoms with E-state index in [0.29, 0.717) is 38.9 Å². The van der Waals surface area contributed by atoms with Crippen molar-refractivity contribution in [3.8, 4) is 0 Å². The number of aliphatic carboxylic acids is 1. The lowest BCUT2D eigenvalue weighted by molar-refractivity contribution is -0.145. The van der Waals surface area contributed by atoms with E-state index in [2.05, 4.69) is 10.6 Å². The lowest BCUT2D eigenvalue weighted by atomic mass is 9.78. The van der Waals surface area contributed by atoms with Crippen LogP contribution in [0.3, 0.4) is 0 Å². The molecule has 1 aromatic rings. The van der Waals surface area contributed by atoms with Gasteiger partial charge in [-0.1, -0.05) is 12.1 Å². The van der Waals surface area contributed by atoms with Gasteiger partial charge in [0.2, 0.25) is 11.8 Å². The highest BCUT2D eigenvalue weighted by atomic mass is 19.1. The first-order valence-corrected chi connectivity index (χ1v) is 9.15. The predicted molar refractivity (Wildman–Crippen MR) is 95.4 cm³/mol. The molecule has 2 saturated heterocycles. The van der Waals surface area contributed by atoms with Crippen LogP contribution in [0.25, 0.3) is 0 Å². The number of carboxylic acids is 1. The Morgan fingerprint density at radius 2 is 1.93 bits per heavy atom. The molecule has 0 unspecified atom stereocenters. The summed E-state index contributed by atoms with van der Waals surface area (Å²) in [6.07, 6.45) is 1.71. The van der Waals surface area contributed by atoms with Crippen molar-refractivity contribution in [2.24, 2.45) is 5.92 Å². The zero-order valence-electron chi connectivity index (χ0n) is 15.0. The Hall–Kier alpha value is -2.48. The van der Waals surface area contributed by atoms with E-state index in [1.807, 2.05) is 4.90 Å². The molecule has 0 aromatic heterocycles. The number of hydrogen-bond acceptors (Lipinski definition) is 4. The molecule has 0 aliphatic carbocycles. The molecule has 146 valence electrons. The molecule has 3 rings (SSSR count). The van der Waals surface area contributed by atoms with Gasteiger partial charge < -0.3 is 15.7 Å². The van der Waals surface area contributed by atoms with E-state index in [4.69, 9.17) is 0 Å². The number of carbonyl (C=O) groups excluding carboxylic acids is 2. The lowest BCUT2D eigenvalue weighted by Crippen LogP contribution is -2.56. The minimum Gasteiger partial charge on any atom is -0.481 e. The summed E-state index contributed by atoms with van der Waals surface area (Å²) < 4.78 is 12.9. The molecule has 0 saturated carbocycles. The Bertz CT molecular complexity index is 714. The van der Waals surface area contributed by atoms with E-state index in [0.717, 1.165) is 5.56 Å². The van der Waals surface area contributed by atoms with Gasteiger partial charge in [0.1, 0.15) is 5.82 Å². The average molecular weight is 377 g/mol. The van der Waals surface area contributed by atoms with Crippen LogP contribution >= 0.6 is 0 Å². The summed E-state index contributed by atoms with van der Waals surface area (Å²) in [6, 6.07) is 6.18. The number of hydrogen-bond donors (Lipinski definition) is 3. The van der Waals surface area contributed by atoms with Gasteiger partial charge in [0.25, 0.3) is 0 Å². The first-order chi connectivity index (χ1) is 12.9. The number of nitrogens with one attached hydrogen (secondary N) is 2. The third kappa shape index (κ3) is 4.63. The Morgan fingerprint density at radius 1 is 1.26 bits per heavy atom. The van der Waals surface area contributed by atoms with Crippen LogP contribution in [-0.2, 0) is 20.8 Å². The molecule has 7 nitrogen and oxygen atoms in total. The van der Waals surface area contributed by atoms with Crippen molar-refractivity contribution in [2.45, 2.75) is 31.2 Å². The van der Waals surface area contributed by atoms with Gasteiger partial charge in [-0.05, 0) is 37.0 Å². The number of rotatable bonds is 6. The van der Waals surface area contributed by atoms with Gasteiger partial charge >= 0.3 is 5.97 Å². The van der Waals surface area contributed by atoms with Crippen molar-refractivity contribution in [3.63, 3.8) is 0 Å². The Labute approximate surface area is 156 Å². The zero-order chi connectivity index (χ0) is 19.4. The third-order valence-corrected chi connectivity index (χ3v) is 5.51. The van der Waals surface area contributed by atoms with Crippen LogP contribution in [0.5, 0.6) is 0 Å². The van der Waals surface area contributed by atoms with Crippen LogP contribution in [0, 0.1) is 11.7 Å². The summed E-state index contributed by atoms with van der Waals surface area (Å²) in [4.78, 5) is 37.2. The number of carbonyl (C=O) groups is 3. The Morgan fingerprint density at radius 3 is 2.56 bits per heavy atom. The van der Waals surface area contributed by atoms with Gasteiger partial charge in [-0.25, -0.2) is 4.39 Å². The second-order valence-electron chi connectivity index (χ2n) is 7.30. The van der Waals surface area contributed by atoms with Crippen molar-refractivity contribution in [1.29, 1.82) is 0 Å². The van der Waals surface area contributed by atoms with Crippen LogP contribution in [0.2, 0.25) is 0 Å². The van der Waals surface area contributed by atoms with Crippen molar-refractivity contribution in [3.05, 3.63) is 35.6 Å². The van der Waals surface area contributed by atoms with E-state index < -0.39 is 17.4 Å². The lowest BCUT2D eigenvalue weighted by Gasteiger charge is -2.41.